The first-order valence-corrected chi connectivity index (χ1v) is 11.4. The van der Waals surface area contributed by atoms with Gasteiger partial charge in [0.15, 0.2) is 11.5 Å². The number of rotatable bonds is 6. The number of piperidine rings is 1. The van der Waals surface area contributed by atoms with Gasteiger partial charge in [-0.05, 0) is 53.0 Å². The maximum absolute atomic E-state index is 13.0. The fraction of sp³-hybridized carbons (Fsp3) is 0.350. The van der Waals surface area contributed by atoms with Gasteiger partial charge in [0, 0.05) is 29.5 Å². The summed E-state index contributed by atoms with van der Waals surface area (Å²) >= 11 is 3.41. The maximum Gasteiger partial charge on any atom is 0.243 e. The second kappa shape index (κ2) is 9.15. The molecule has 1 saturated heterocycles. The number of hydrogen-bond donors (Lipinski definition) is 1. The Morgan fingerprint density at radius 1 is 1.07 bits per heavy atom. The summed E-state index contributed by atoms with van der Waals surface area (Å²) < 4.78 is 38.6. The third-order valence-corrected chi connectivity index (χ3v) is 7.54. The predicted molar refractivity (Wildman–Crippen MR) is 114 cm³/mol. The predicted octanol–water partition coefficient (Wildman–Crippen LogP) is 3.51. The summed E-state index contributed by atoms with van der Waals surface area (Å²) in [6.45, 7) is 0.565. The van der Waals surface area contributed by atoms with Crippen LogP contribution in [0.5, 0.6) is 11.5 Å². The van der Waals surface area contributed by atoms with Crippen LogP contribution < -0.4 is 14.8 Å². The number of hydrogen-bond acceptors (Lipinski definition) is 5. The van der Waals surface area contributed by atoms with Crippen LogP contribution >= 0.6 is 15.9 Å². The Balaban J connectivity index is 1.66. The lowest BCUT2D eigenvalue weighted by Crippen LogP contribution is -2.41. The van der Waals surface area contributed by atoms with Gasteiger partial charge in [-0.25, -0.2) is 8.42 Å². The Kier molecular flexibility index (Phi) is 6.81. The van der Waals surface area contributed by atoms with Crippen molar-refractivity contribution in [3.63, 3.8) is 0 Å². The lowest BCUT2D eigenvalue weighted by atomic mass is 9.97. The standard InChI is InChI=1S/C20H23BrN2O5S/c1-27-18-8-7-15(13-19(18)28-2)29(25,26)23-11-9-14(10-12-23)20(24)22-17-6-4-3-5-16(17)21/h3-8,13-14H,9-12H2,1-2H3,(H,22,24). The van der Waals surface area contributed by atoms with Crippen molar-refractivity contribution in [2.24, 2.45) is 5.92 Å². The molecule has 2 aromatic carbocycles. The van der Waals surface area contributed by atoms with E-state index in [0.717, 1.165) is 4.47 Å². The van der Waals surface area contributed by atoms with Crippen molar-refractivity contribution < 1.29 is 22.7 Å². The molecular formula is C20H23BrN2O5S. The summed E-state index contributed by atoms with van der Waals surface area (Å²) in [5.74, 6) is 0.490. The number of sulfonamides is 1. The number of nitrogens with one attached hydrogen (secondary N) is 1. The molecule has 0 aliphatic carbocycles. The first-order valence-electron chi connectivity index (χ1n) is 9.14. The molecular weight excluding hydrogens is 460 g/mol. The number of amides is 1. The van der Waals surface area contributed by atoms with E-state index in [2.05, 4.69) is 21.2 Å². The molecule has 0 unspecified atom stereocenters. The van der Waals surface area contributed by atoms with Crippen LogP contribution in [0.4, 0.5) is 5.69 Å². The van der Waals surface area contributed by atoms with Crippen molar-refractivity contribution in [3.8, 4) is 11.5 Å². The van der Waals surface area contributed by atoms with E-state index in [1.165, 1.54) is 30.7 Å². The molecule has 0 radical (unpaired) electrons. The summed E-state index contributed by atoms with van der Waals surface area (Å²) in [6.07, 6.45) is 0.922. The van der Waals surface area contributed by atoms with E-state index >= 15 is 0 Å². The van der Waals surface area contributed by atoms with Crippen LogP contribution in [0.15, 0.2) is 51.8 Å². The van der Waals surface area contributed by atoms with Crippen LogP contribution in [0.25, 0.3) is 0 Å². The average molecular weight is 483 g/mol. The summed E-state index contributed by atoms with van der Waals surface area (Å²) in [7, 11) is -0.718. The molecule has 0 saturated carbocycles. The van der Waals surface area contributed by atoms with E-state index < -0.39 is 10.0 Å². The second-order valence-corrected chi connectivity index (χ2v) is 9.46. The highest BCUT2D eigenvalue weighted by Crippen LogP contribution is 2.32. The van der Waals surface area contributed by atoms with Gasteiger partial charge in [-0.2, -0.15) is 4.31 Å². The van der Waals surface area contributed by atoms with E-state index in [0.29, 0.717) is 30.0 Å². The zero-order valence-corrected chi connectivity index (χ0v) is 18.6. The molecule has 7 nitrogen and oxygen atoms in total. The quantitative estimate of drug-likeness (QED) is 0.680. The summed E-state index contributed by atoms with van der Waals surface area (Å²) in [5, 5.41) is 2.91. The SMILES string of the molecule is COc1ccc(S(=O)(=O)N2CCC(C(=O)Nc3ccccc3Br)CC2)cc1OC. The van der Waals surface area contributed by atoms with Gasteiger partial charge in [0.2, 0.25) is 15.9 Å². The Hall–Kier alpha value is -2.10. The van der Waals surface area contributed by atoms with Crippen LogP contribution in [0.3, 0.4) is 0 Å². The molecule has 1 heterocycles. The number of carbonyl (C=O) groups excluding carboxylic acids is 1. The maximum atomic E-state index is 13.0. The van der Waals surface area contributed by atoms with Gasteiger partial charge in [-0.3, -0.25) is 4.79 Å². The Morgan fingerprint density at radius 3 is 2.34 bits per heavy atom. The highest BCUT2D eigenvalue weighted by Gasteiger charge is 2.32. The Morgan fingerprint density at radius 2 is 1.72 bits per heavy atom. The normalized spacial score (nSPS) is 15.7. The zero-order chi connectivity index (χ0) is 21.0. The number of ether oxygens (including phenoxy) is 2. The third-order valence-electron chi connectivity index (χ3n) is 4.95. The monoisotopic (exact) mass is 482 g/mol. The van der Waals surface area contributed by atoms with E-state index in [9.17, 15) is 13.2 Å². The number of halogens is 1. The van der Waals surface area contributed by atoms with Gasteiger partial charge < -0.3 is 14.8 Å². The zero-order valence-electron chi connectivity index (χ0n) is 16.2. The van der Waals surface area contributed by atoms with Gasteiger partial charge in [0.1, 0.15) is 0 Å². The minimum absolute atomic E-state index is 0.0972. The molecule has 3 rings (SSSR count). The molecule has 156 valence electrons. The van der Waals surface area contributed by atoms with Crippen molar-refractivity contribution >= 4 is 37.5 Å². The Bertz CT molecular complexity index is 988. The number of benzene rings is 2. The van der Waals surface area contributed by atoms with Crippen LogP contribution in [0.2, 0.25) is 0 Å². The first kappa shape index (κ1) is 21.6. The lowest BCUT2D eigenvalue weighted by Gasteiger charge is -2.30. The highest BCUT2D eigenvalue weighted by atomic mass is 79.9. The van der Waals surface area contributed by atoms with Crippen LogP contribution in [-0.2, 0) is 14.8 Å². The van der Waals surface area contributed by atoms with Gasteiger partial charge in [-0.15, -0.1) is 0 Å². The minimum atomic E-state index is -3.68. The molecule has 1 fully saturated rings. The number of para-hydroxylation sites is 1. The fourth-order valence-electron chi connectivity index (χ4n) is 3.28. The average Bonchev–Trinajstić information content (AvgIpc) is 2.74. The fourth-order valence-corrected chi connectivity index (χ4v) is 5.15. The van der Waals surface area contributed by atoms with Gasteiger partial charge >= 0.3 is 0 Å². The van der Waals surface area contributed by atoms with Crippen molar-refractivity contribution in [2.75, 3.05) is 32.6 Å². The van der Waals surface area contributed by atoms with Crippen molar-refractivity contribution in [1.29, 1.82) is 0 Å². The molecule has 1 amide bonds. The molecule has 0 atom stereocenters. The van der Waals surface area contributed by atoms with E-state index in [1.54, 1.807) is 6.07 Å². The molecule has 1 aliphatic rings. The molecule has 0 bridgehead atoms. The number of anilines is 1. The summed E-state index contributed by atoms with van der Waals surface area (Å²) in [6, 6.07) is 11.9. The molecule has 2 aromatic rings. The largest absolute Gasteiger partial charge is 0.493 e. The van der Waals surface area contributed by atoms with Crippen molar-refractivity contribution in [2.45, 2.75) is 17.7 Å². The topological polar surface area (TPSA) is 84.9 Å². The van der Waals surface area contributed by atoms with Gasteiger partial charge in [0.25, 0.3) is 0 Å². The van der Waals surface area contributed by atoms with Crippen molar-refractivity contribution in [1.82, 2.24) is 4.31 Å². The van der Waals surface area contributed by atoms with E-state index in [1.807, 2.05) is 24.3 Å². The first-order chi connectivity index (χ1) is 13.9. The number of carbonyl (C=O) groups is 1. The molecule has 0 spiro atoms. The van der Waals surface area contributed by atoms with Gasteiger partial charge in [-0.1, -0.05) is 12.1 Å². The number of nitrogens with zero attached hydrogens (tertiary/aromatic N) is 1. The molecule has 29 heavy (non-hydrogen) atoms. The van der Waals surface area contributed by atoms with Crippen LogP contribution in [0, 0.1) is 5.92 Å². The molecule has 9 heteroatoms. The molecule has 1 N–H and O–H groups in total. The lowest BCUT2D eigenvalue weighted by molar-refractivity contribution is -0.120. The number of methoxy groups -OCH3 is 2. The highest BCUT2D eigenvalue weighted by molar-refractivity contribution is 9.10. The molecule has 1 aliphatic heterocycles. The van der Waals surface area contributed by atoms with Gasteiger partial charge in [0.05, 0.1) is 24.8 Å². The van der Waals surface area contributed by atoms with E-state index in [-0.39, 0.29) is 29.8 Å². The minimum Gasteiger partial charge on any atom is -0.493 e. The van der Waals surface area contributed by atoms with Crippen molar-refractivity contribution in [3.05, 3.63) is 46.9 Å². The van der Waals surface area contributed by atoms with E-state index in [4.69, 9.17) is 9.47 Å². The summed E-state index contributed by atoms with van der Waals surface area (Å²) in [5.41, 5.74) is 0.706. The van der Waals surface area contributed by atoms with Crippen LogP contribution in [0.1, 0.15) is 12.8 Å². The molecule has 0 aromatic heterocycles. The third kappa shape index (κ3) is 4.73. The van der Waals surface area contributed by atoms with Crippen LogP contribution in [-0.4, -0.2) is 45.9 Å². The summed E-state index contributed by atoms with van der Waals surface area (Å²) in [4.78, 5) is 12.7. The Labute approximate surface area is 179 Å². The smallest absolute Gasteiger partial charge is 0.243 e. The second-order valence-electron chi connectivity index (χ2n) is 6.66.